The Balaban J connectivity index is 2.07. The fourth-order valence-electron chi connectivity index (χ4n) is 2.45. The molecule has 0 amide bonds. The Hall–Kier alpha value is -1.33. The zero-order valence-electron chi connectivity index (χ0n) is 13.6. The standard InChI is InChI=1S/C16H27N3O2/c1-12(2)15(11-20-4)18-14-5-6-16(17-13(14)3)19-7-9-21-10-8-19/h5-6,12,15,18H,7-11H2,1-4H3. The summed E-state index contributed by atoms with van der Waals surface area (Å²) in [6.45, 7) is 10.5. The normalized spacial score (nSPS) is 17.1. The Labute approximate surface area is 127 Å². The maximum Gasteiger partial charge on any atom is 0.129 e. The number of rotatable bonds is 6. The predicted molar refractivity (Wildman–Crippen MR) is 86.1 cm³/mol. The number of aromatic nitrogens is 1. The molecule has 0 spiro atoms. The zero-order valence-corrected chi connectivity index (χ0v) is 13.6. The van der Waals surface area contributed by atoms with Gasteiger partial charge in [-0.3, -0.25) is 0 Å². The van der Waals surface area contributed by atoms with Crippen LogP contribution in [0.3, 0.4) is 0 Å². The van der Waals surface area contributed by atoms with E-state index in [-0.39, 0.29) is 0 Å². The molecule has 1 fully saturated rings. The van der Waals surface area contributed by atoms with Crippen LogP contribution >= 0.6 is 0 Å². The highest BCUT2D eigenvalue weighted by atomic mass is 16.5. The number of anilines is 2. The van der Waals surface area contributed by atoms with Crippen LogP contribution in [0.1, 0.15) is 19.5 Å². The number of morpholine rings is 1. The topological polar surface area (TPSA) is 46.6 Å². The van der Waals surface area contributed by atoms with E-state index >= 15 is 0 Å². The average Bonchev–Trinajstić information content (AvgIpc) is 2.49. The summed E-state index contributed by atoms with van der Waals surface area (Å²) in [5.41, 5.74) is 2.11. The molecule has 5 heteroatoms. The fourth-order valence-corrected chi connectivity index (χ4v) is 2.45. The van der Waals surface area contributed by atoms with Crippen LogP contribution in [0.25, 0.3) is 0 Å². The molecule has 0 aromatic carbocycles. The highest BCUT2D eigenvalue weighted by Crippen LogP contribution is 2.21. The highest BCUT2D eigenvalue weighted by Gasteiger charge is 2.16. The average molecular weight is 293 g/mol. The van der Waals surface area contributed by atoms with Gasteiger partial charge in [-0.2, -0.15) is 0 Å². The number of ether oxygens (including phenoxy) is 2. The fraction of sp³-hybridized carbons (Fsp3) is 0.688. The molecule has 118 valence electrons. The third kappa shape index (κ3) is 4.32. The maximum absolute atomic E-state index is 5.39. The minimum Gasteiger partial charge on any atom is -0.383 e. The summed E-state index contributed by atoms with van der Waals surface area (Å²) in [6, 6.07) is 4.51. The van der Waals surface area contributed by atoms with Gasteiger partial charge in [0.1, 0.15) is 5.82 Å². The van der Waals surface area contributed by atoms with Crippen molar-refractivity contribution in [2.45, 2.75) is 26.8 Å². The third-order valence-electron chi connectivity index (χ3n) is 3.90. The van der Waals surface area contributed by atoms with Crippen molar-refractivity contribution in [1.82, 2.24) is 4.98 Å². The van der Waals surface area contributed by atoms with Gasteiger partial charge in [0.15, 0.2) is 0 Å². The summed E-state index contributed by atoms with van der Waals surface area (Å²) in [5, 5.41) is 3.55. The summed E-state index contributed by atoms with van der Waals surface area (Å²) < 4.78 is 10.7. The summed E-state index contributed by atoms with van der Waals surface area (Å²) in [6.07, 6.45) is 0. The molecule has 1 aromatic rings. The van der Waals surface area contributed by atoms with Crippen LogP contribution in [0.4, 0.5) is 11.5 Å². The van der Waals surface area contributed by atoms with E-state index in [4.69, 9.17) is 14.5 Å². The number of hydrogen-bond donors (Lipinski definition) is 1. The number of hydrogen-bond acceptors (Lipinski definition) is 5. The molecule has 1 N–H and O–H groups in total. The first kappa shape index (κ1) is 16.0. The van der Waals surface area contributed by atoms with Crippen molar-refractivity contribution in [3.63, 3.8) is 0 Å². The van der Waals surface area contributed by atoms with Crippen LogP contribution in [0.5, 0.6) is 0 Å². The minimum atomic E-state index is 0.296. The van der Waals surface area contributed by atoms with Gasteiger partial charge in [-0.25, -0.2) is 4.98 Å². The van der Waals surface area contributed by atoms with Gasteiger partial charge in [-0.15, -0.1) is 0 Å². The lowest BCUT2D eigenvalue weighted by atomic mass is 10.0. The van der Waals surface area contributed by atoms with Gasteiger partial charge in [0.05, 0.1) is 37.2 Å². The van der Waals surface area contributed by atoms with E-state index < -0.39 is 0 Å². The molecular weight excluding hydrogens is 266 g/mol. The van der Waals surface area contributed by atoms with Crippen LogP contribution in [0.2, 0.25) is 0 Å². The number of nitrogens with zero attached hydrogens (tertiary/aromatic N) is 2. The summed E-state index contributed by atoms with van der Waals surface area (Å²) in [7, 11) is 1.74. The van der Waals surface area contributed by atoms with Crippen molar-refractivity contribution in [3.8, 4) is 0 Å². The molecule has 1 saturated heterocycles. The second kappa shape index (κ2) is 7.61. The lowest BCUT2D eigenvalue weighted by molar-refractivity contribution is 0.122. The van der Waals surface area contributed by atoms with E-state index in [1.807, 2.05) is 0 Å². The van der Waals surface area contributed by atoms with Gasteiger partial charge < -0.3 is 19.7 Å². The van der Waals surface area contributed by atoms with E-state index in [0.717, 1.165) is 43.5 Å². The Morgan fingerprint density at radius 2 is 2.05 bits per heavy atom. The quantitative estimate of drug-likeness (QED) is 0.872. The SMILES string of the molecule is COCC(Nc1ccc(N2CCOCC2)nc1C)C(C)C. The summed E-state index contributed by atoms with van der Waals surface area (Å²) in [5.74, 6) is 1.54. The Kier molecular flexibility index (Phi) is 5.82. The van der Waals surface area contributed by atoms with E-state index in [0.29, 0.717) is 18.6 Å². The second-order valence-corrected chi connectivity index (χ2v) is 5.85. The molecule has 1 unspecified atom stereocenters. The molecule has 5 nitrogen and oxygen atoms in total. The smallest absolute Gasteiger partial charge is 0.129 e. The van der Waals surface area contributed by atoms with Crippen LogP contribution < -0.4 is 10.2 Å². The molecule has 1 aromatic heterocycles. The maximum atomic E-state index is 5.39. The van der Waals surface area contributed by atoms with Gasteiger partial charge in [0, 0.05) is 20.2 Å². The lowest BCUT2D eigenvalue weighted by Gasteiger charge is -2.29. The van der Waals surface area contributed by atoms with Gasteiger partial charge in [-0.05, 0) is 25.0 Å². The lowest BCUT2D eigenvalue weighted by Crippen LogP contribution is -2.37. The van der Waals surface area contributed by atoms with Gasteiger partial charge >= 0.3 is 0 Å². The Morgan fingerprint density at radius 3 is 2.62 bits per heavy atom. The second-order valence-electron chi connectivity index (χ2n) is 5.85. The largest absolute Gasteiger partial charge is 0.383 e. The molecule has 1 atom stereocenters. The molecule has 2 heterocycles. The minimum absolute atomic E-state index is 0.296. The van der Waals surface area contributed by atoms with E-state index in [1.54, 1.807) is 7.11 Å². The molecule has 0 saturated carbocycles. The van der Waals surface area contributed by atoms with E-state index in [1.165, 1.54) is 0 Å². The number of methoxy groups -OCH3 is 1. The van der Waals surface area contributed by atoms with Crippen molar-refractivity contribution in [2.24, 2.45) is 5.92 Å². The van der Waals surface area contributed by atoms with Crippen LogP contribution in [0.15, 0.2) is 12.1 Å². The molecule has 2 rings (SSSR count). The number of nitrogens with one attached hydrogen (secondary N) is 1. The monoisotopic (exact) mass is 293 g/mol. The van der Waals surface area contributed by atoms with E-state index in [9.17, 15) is 0 Å². The molecule has 1 aliphatic heterocycles. The predicted octanol–water partition coefficient (Wildman–Crippen LogP) is 2.31. The number of aryl methyl sites for hydroxylation is 1. The zero-order chi connectivity index (χ0) is 15.2. The molecule has 0 bridgehead atoms. The van der Waals surface area contributed by atoms with E-state index in [2.05, 4.69) is 43.1 Å². The van der Waals surface area contributed by atoms with Crippen LogP contribution in [0, 0.1) is 12.8 Å². The third-order valence-corrected chi connectivity index (χ3v) is 3.90. The van der Waals surface area contributed by atoms with Crippen molar-refractivity contribution < 1.29 is 9.47 Å². The first-order valence-electron chi connectivity index (χ1n) is 7.67. The molecule has 21 heavy (non-hydrogen) atoms. The Morgan fingerprint density at radius 1 is 1.33 bits per heavy atom. The molecule has 0 aliphatic carbocycles. The highest BCUT2D eigenvalue weighted by molar-refractivity contribution is 5.54. The summed E-state index contributed by atoms with van der Waals surface area (Å²) in [4.78, 5) is 7.01. The first-order valence-corrected chi connectivity index (χ1v) is 7.67. The first-order chi connectivity index (χ1) is 10.1. The van der Waals surface area contributed by atoms with Crippen LogP contribution in [-0.4, -0.2) is 51.0 Å². The van der Waals surface area contributed by atoms with Gasteiger partial charge in [0.25, 0.3) is 0 Å². The van der Waals surface area contributed by atoms with Gasteiger partial charge in [-0.1, -0.05) is 13.8 Å². The molecule has 0 radical (unpaired) electrons. The van der Waals surface area contributed by atoms with Gasteiger partial charge in [0.2, 0.25) is 0 Å². The van der Waals surface area contributed by atoms with Crippen LogP contribution in [-0.2, 0) is 9.47 Å². The van der Waals surface area contributed by atoms with Crippen molar-refractivity contribution in [3.05, 3.63) is 17.8 Å². The molecular formula is C16H27N3O2. The van der Waals surface area contributed by atoms with Crippen molar-refractivity contribution >= 4 is 11.5 Å². The molecule has 1 aliphatic rings. The summed E-state index contributed by atoms with van der Waals surface area (Å²) >= 11 is 0. The Bertz CT molecular complexity index is 445. The number of pyridine rings is 1. The van der Waals surface area contributed by atoms with Crippen molar-refractivity contribution in [1.29, 1.82) is 0 Å². The van der Waals surface area contributed by atoms with Crippen molar-refractivity contribution in [2.75, 3.05) is 50.2 Å².